The van der Waals surface area contributed by atoms with Crippen molar-refractivity contribution < 1.29 is 4.39 Å². The first-order chi connectivity index (χ1) is 8.72. The fourth-order valence-corrected chi connectivity index (χ4v) is 1.98. The Balaban J connectivity index is 1.98. The monoisotopic (exact) mass is 241 g/mol. The second-order valence-electron chi connectivity index (χ2n) is 4.27. The first-order valence-corrected chi connectivity index (χ1v) is 5.78. The van der Waals surface area contributed by atoms with Gasteiger partial charge in [-0.1, -0.05) is 18.2 Å². The third-order valence-corrected chi connectivity index (χ3v) is 2.84. The number of benzene rings is 1. The summed E-state index contributed by atoms with van der Waals surface area (Å²) in [5.41, 5.74) is 2.73. The summed E-state index contributed by atoms with van der Waals surface area (Å²) in [5.74, 6) is 0.474. The van der Waals surface area contributed by atoms with Crippen LogP contribution in [0, 0.1) is 12.7 Å². The first kappa shape index (κ1) is 10.9. The Morgan fingerprint density at radius 1 is 1.17 bits per heavy atom. The van der Waals surface area contributed by atoms with Crippen molar-refractivity contribution in [3.05, 3.63) is 65.4 Å². The van der Waals surface area contributed by atoms with Crippen LogP contribution < -0.4 is 0 Å². The van der Waals surface area contributed by atoms with Crippen LogP contribution in [0.15, 0.2) is 42.5 Å². The molecule has 0 spiro atoms. The summed E-state index contributed by atoms with van der Waals surface area (Å²) in [4.78, 5) is 4.43. The molecule has 2 aromatic heterocycles. The average molecular weight is 241 g/mol. The van der Waals surface area contributed by atoms with Gasteiger partial charge in [-0.2, -0.15) is 5.10 Å². The molecule has 4 heteroatoms. The van der Waals surface area contributed by atoms with Gasteiger partial charge in [0.1, 0.15) is 5.82 Å². The van der Waals surface area contributed by atoms with Crippen molar-refractivity contribution in [1.29, 1.82) is 0 Å². The molecule has 0 aliphatic heterocycles. The van der Waals surface area contributed by atoms with E-state index in [-0.39, 0.29) is 5.82 Å². The van der Waals surface area contributed by atoms with Gasteiger partial charge in [-0.25, -0.2) is 13.9 Å². The van der Waals surface area contributed by atoms with Crippen molar-refractivity contribution in [1.82, 2.24) is 14.6 Å². The second kappa shape index (κ2) is 4.22. The lowest BCUT2D eigenvalue weighted by Gasteiger charge is -1.96. The zero-order chi connectivity index (χ0) is 12.5. The van der Waals surface area contributed by atoms with Crippen LogP contribution in [0.2, 0.25) is 0 Å². The molecule has 0 radical (unpaired) electrons. The van der Waals surface area contributed by atoms with E-state index in [4.69, 9.17) is 0 Å². The summed E-state index contributed by atoms with van der Waals surface area (Å²) in [7, 11) is 0. The maximum absolute atomic E-state index is 13.1. The predicted octanol–water partition coefficient (Wildman–Crippen LogP) is 2.77. The topological polar surface area (TPSA) is 30.2 Å². The Morgan fingerprint density at radius 3 is 2.78 bits per heavy atom. The fraction of sp³-hybridized carbons (Fsp3) is 0.143. The number of halogens is 1. The van der Waals surface area contributed by atoms with Gasteiger partial charge in [0.25, 0.3) is 0 Å². The van der Waals surface area contributed by atoms with Gasteiger partial charge in [0.2, 0.25) is 0 Å². The minimum absolute atomic E-state index is 0.229. The minimum Gasteiger partial charge on any atom is -0.218 e. The molecular formula is C14H12FN3. The Bertz CT molecular complexity index is 703. The van der Waals surface area contributed by atoms with E-state index in [1.165, 1.54) is 12.1 Å². The highest BCUT2D eigenvalue weighted by Gasteiger charge is 2.06. The molecule has 18 heavy (non-hydrogen) atoms. The van der Waals surface area contributed by atoms with Gasteiger partial charge in [-0.15, -0.1) is 0 Å². The minimum atomic E-state index is -0.229. The largest absolute Gasteiger partial charge is 0.218 e. The number of nitrogens with zero attached hydrogens (tertiary/aromatic N) is 3. The summed E-state index contributed by atoms with van der Waals surface area (Å²) in [6, 6.07) is 12.4. The van der Waals surface area contributed by atoms with Crippen LogP contribution in [-0.4, -0.2) is 14.6 Å². The number of hydrogen-bond acceptors (Lipinski definition) is 2. The van der Waals surface area contributed by atoms with E-state index in [0.29, 0.717) is 12.2 Å². The molecule has 3 nitrogen and oxygen atoms in total. The highest BCUT2D eigenvalue weighted by Crippen LogP contribution is 2.10. The predicted molar refractivity (Wildman–Crippen MR) is 66.9 cm³/mol. The van der Waals surface area contributed by atoms with Gasteiger partial charge in [-0.3, -0.25) is 0 Å². The molecule has 2 heterocycles. The number of hydrogen-bond donors (Lipinski definition) is 0. The molecule has 0 aliphatic rings. The van der Waals surface area contributed by atoms with Crippen LogP contribution in [0.25, 0.3) is 5.65 Å². The summed E-state index contributed by atoms with van der Waals surface area (Å²) in [5, 5.41) is 4.42. The van der Waals surface area contributed by atoms with Crippen LogP contribution in [0.4, 0.5) is 4.39 Å². The Morgan fingerprint density at radius 2 is 2.00 bits per heavy atom. The highest BCUT2D eigenvalue weighted by molar-refractivity contribution is 5.39. The zero-order valence-corrected chi connectivity index (χ0v) is 9.97. The number of fused-ring (bicyclic) bond motifs is 1. The van der Waals surface area contributed by atoms with Crippen LogP contribution in [0.3, 0.4) is 0 Å². The van der Waals surface area contributed by atoms with E-state index >= 15 is 0 Å². The van der Waals surface area contributed by atoms with Gasteiger partial charge >= 0.3 is 0 Å². The van der Waals surface area contributed by atoms with E-state index in [1.54, 1.807) is 10.6 Å². The molecule has 0 unspecified atom stereocenters. The van der Waals surface area contributed by atoms with E-state index in [1.807, 2.05) is 31.2 Å². The summed E-state index contributed by atoms with van der Waals surface area (Å²) < 4.78 is 14.9. The molecule has 0 amide bonds. The van der Waals surface area contributed by atoms with Crippen LogP contribution in [0.5, 0.6) is 0 Å². The Hall–Kier alpha value is -2.23. The fourth-order valence-electron chi connectivity index (χ4n) is 1.98. The Labute approximate surface area is 104 Å². The number of aromatic nitrogens is 3. The van der Waals surface area contributed by atoms with Gasteiger partial charge < -0.3 is 0 Å². The second-order valence-corrected chi connectivity index (χ2v) is 4.27. The van der Waals surface area contributed by atoms with Crippen LogP contribution in [0.1, 0.15) is 17.1 Å². The molecule has 0 fully saturated rings. The normalized spacial score (nSPS) is 11.0. The van der Waals surface area contributed by atoms with Gasteiger partial charge in [0, 0.05) is 12.1 Å². The lowest BCUT2D eigenvalue weighted by atomic mass is 10.1. The average Bonchev–Trinajstić information content (AvgIpc) is 2.73. The molecule has 0 N–H and O–H groups in total. The SMILES string of the molecule is Cc1cccc2nc(Cc3cccc(F)c3)nn12. The van der Waals surface area contributed by atoms with Crippen molar-refractivity contribution in [2.24, 2.45) is 0 Å². The summed E-state index contributed by atoms with van der Waals surface area (Å²) >= 11 is 0. The number of aryl methyl sites for hydroxylation is 1. The molecule has 3 rings (SSSR count). The van der Waals surface area contributed by atoms with E-state index < -0.39 is 0 Å². The zero-order valence-electron chi connectivity index (χ0n) is 9.97. The molecule has 0 saturated carbocycles. The van der Waals surface area contributed by atoms with Crippen molar-refractivity contribution >= 4 is 5.65 Å². The number of rotatable bonds is 2. The van der Waals surface area contributed by atoms with Crippen molar-refractivity contribution in [3.8, 4) is 0 Å². The van der Waals surface area contributed by atoms with Crippen molar-refractivity contribution in [3.63, 3.8) is 0 Å². The summed E-state index contributed by atoms with van der Waals surface area (Å²) in [6.07, 6.45) is 0.541. The maximum atomic E-state index is 13.1. The third kappa shape index (κ3) is 1.97. The van der Waals surface area contributed by atoms with Gasteiger partial charge in [-0.05, 0) is 36.8 Å². The van der Waals surface area contributed by atoms with Crippen LogP contribution >= 0.6 is 0 Å². The Kier molecular flexibility index (Phi) is 2.55. The lowest BCUT2D eigenvalue weighted by Crippen LogP contribution is -1.94. The van der Waals surface area contributed by atoms with Gasteiger partial charge in [0.05, 0.1) is 0 Å². The maximum Gasteiger partial charge on any atom is 0.156 e. The molecule has 1 aromatic carbocycles. The van der Waals surface area contributed by atoms with Crippen LogP contribution in [-0.2, 0) is 6.42 Å². The smallest absolute Gasteiger partial charge is 0.156 e. The molecule has 0 aliphatic carbocycles. The molecule has 0 bridgehead atoms. The molecule has 90 valence electrons. The highest BCUT2D eigenvalue weighted by atomic mass is 19.1. The lowest BCUT2D eigenvalue weighted by molar-refractivity contribution is 0.625. The molecule has 3 aromatic rings. The third-order valence-electron chi connectivity index (χ3n) is 2.84. The van der Waals surface area contributed by atoms with Crippen molar-refractivity contribution in [2.75, 3.05) is 0 Å². The van der Waals surface area contributed by atoms with E-state index in [9.17, 15) is 4.39 Å². The van der Waals surface area contributed by atoms with E-state index in [0.717, 1.165) is 16.9 Å². The number of pyridine rings is 1. The molecule has 0 atom stereocenters. The first-order valence-electron chi connectivity index (χ1n) is 5.78. The van der Waals surface area contributed by atoms with E-state index in [2.05, 4.69) is 10.1 Å². The van der Waals surface area contributed by atoms with Gasteiger partial charge in [0.15, 0.2) is 11.5 Å². The van der Waals surface area contributed by atoms with Crippen molar-refractivity contribution in [2.45, 2.75) is 13.3 Å². The summed E-state index contributed by atoms with van der Waals surface area (Å²) in [6.45, 7) is 1.98. The molecular weight excluding hydrogens is 229 g/mol. The molecule has 0 saturated heterocycles. The standard InChI is InChI=1S/C14H12FN3/c1-10-4-2-7-14-16-13(17-18(10)14)9-11-5-3-6-12(15)8-11/h2-8H,9H2,1H3. The quantitative estimate of drug-likeness (QED) is 0.690.